The Morgan fingerprint density at radius 1 is 1.50 bits per heavy atom. The van der Waals surface area contributed by atoms with E-state index in [1.54, 1.807) is 0 Å². The number of benzene rings is 1. The van der Waals surface area contributed by atoms with Crippen molar-refractivity contribution in [2.75, 3.05) is 6.54 Å². The van der Waals surface area contributed by atoms with Crippen molar-refractivity contribution in [3.63, 3.8) is 0 Å². The van der Waals surface area contributed by atoms with E-state index in [2.05, 4.69) is 21.2 Å². The molecule has 0 bridgehead atoms. The second kappa shape index (κ2) is 6.01. The molecule has 0 aliphatic rings. The summed E-state index contributed by atoms with van der Waals surface area (Å²) in [6.07, 6.45) is 0. The maximum Gasteiger partial charge on any atom is 0.224 e. The molecule has 3 nitrogen and oxygen atoms in total. The molecule has 2 atom stereocenters. The smallest absolute Gasteiger partial charge is 0.224 e. The van der Waals surface area contributed by atoms with Crippen molar-refractivity contribution in [3.05, 3.63) is 34.3 Å². The number of halogens is 1. The lowest BCUT2D eigenvalue weighted by Crippen LogP contribution is -2.34. The summed E-state index contributed by atoms with van der Waals surface area (Å²) < 4.78 is 1.01. The van der Waals surface area contributed by atoms with Crippen LogP contribution in [0.1, 0.15) is 25.5 Å². The van der Waals surface area contributed by atoms with Crippen LogP contribution in [-0.4, -0.2) is 12.5 Å². The minimum absolute atomic E-state index is 0.000926. The van der Waals surface area contributed by atoms with Crippen molar-refractivity contribution in [1.29, 1.82) is 0 Å². The molecular formula is C12H17BrN2O. The molecule has 4 heteroatoms. The second-order valence-electron chi connectivity index (χ2n) is 3.92. The van der Waals surface area contributed by atoms with Gasteiger partial charge in [-0.15, -0.1) is 0 Å². The van der Waals surface area contributed by atoms with E-state index in [1.807, 2.05) is 38.1 Å². The normalized spacial score (nSPS) is 14.2. The Balaban J connectivity index is 2.65. The maximum absolute atomic E-state index is 11.6. The first-order valence-electron chi connectivity index (χ1n) is 5.30. The van der Waals surface area contributed by atoms with Crippen molar-refractivity contribution in [1.82, 2.24) is 5.32 Å². The summed E-state index contributed by atoms with van der Waals surface area (Å²) in [6, 6.07) is 7.90. The van der Waals surface area contributed by atoms with E-state index in [-0.39, 0.29) is 17.9 Å². The first-order chi connectivity index (χ1) is 7.54. The average molecular weight is 285 g/mol. The molecule has 0 saturated heterocycles. The highest BCUT2D eigenvalue weighted by Gasteiger charge is 2.14. The van der Waals surface area contributed by atoms with Gasteiger partial charge in [0.05, 0.1) is 6.04 Å². The monoisotopic (exact) mass is 284 g/mol. The minimum Gasteiger partial charge on any atom is -0.349 e. The molecule has 1 aromatic rings. The van der Waals surface area contributed by atoms with Gasteiger partial charge in [-0.1, -0.05) is 35.0 Å². The molecular weight excluding hydrogens is 268 g/mol. The van der Waals surface area contributed by atoms with E-state index in [0.29, 0.717) is 6.54 Å². The van der Waals surface area contributed by atoms with Crippen LogP contribution in [0.2, 0.25) is 0 Å². The van der Waals surface area contributed by atoms with Crippen molar-refractivity contribution < 1.29 is 4.79 Å². The summed E-state index contributed by atoms with van der Waals surface area (Å²) in [5, 5.41) is 2.93. The zero-order valence-electron chi connectivity index (χ0n) is 9.53. The van der Waals surface area contributed by atoms with Gasteiger partial charge in [-0.2, -0.15) is 0 Å². The van der Waals surface area contributed by atoms with Gasteiger partial charge in [0.1, 0.15) is 0 Å². The summed E-state index contributed by atoms with van der Waals surface area (Å²) in [4.78, 5) is 11.6. The van der Waals surface area contributed by atoms with Crippen LogP contribution in [0.5, 0.6) is 0 Å². The fourth-order valence-electron chi connectivity index (χ4n) is 1.32. The van der Waals surface area contributed by atoms with Crippen LogP contribution in [0.15, 0.2) is 28.7 Å². The number of amides is 1. The lowest BCUT2D eigenvalue weighted by atomic mass is 10.1. The molecule has 0 heterocycles. The topological polar surface area (TPSA) is 55.1 Å². The van der Waals surface area contributed by atoms with Crippen LogP contribution in [0.4, 0.5) is 0 Å². The Morgan fingerprint density at radius 2 is 2.19 bits per heavy atom. The van der Waals surface area contributed by atoms with Crippen molar-refractivity contribution in [3.8, 4) is 0 Å². The molecule has 0 aromatic heterocycles. The standard InChI is InChI=1S/C12H17BrN2O/c1-8(7-14)12(16)15-9(2)10-4-3-5-11(13)6-10/h3-6,8-9H,7,14H2,1-2H3,(H,15,16)/t8?,9-/m1/s1. The first kappa shape index (κ1) is 13.2. The number of carbonyl (C=O) groups is 1. The molecule has 16 heavy (non-hydrogen) atoms. The molecule has 1 aromatic carbocycles. The Morgan fingerprint density at radius 3 is 2.75 bits per heavy atom. The number of carbonyl (C=O) groups excluding carboxylic acids is 1. The van der Waals surface area contributed by atoms with E-state index < -0.39 is 0 Å². The first-order valence-corrected chi connectivity index (χ1v) is 6.09. The predicted octanol–water partition coefficient (Wildman–Crippen LogP) is 2.22. The Labute approximate surface area is 105 Å². The Hall–Kier alpha value is -0.870. The lowest BCUT2D eigenvalue weighted by molar-refractivity contribution is -0.124. The summed E-state index contributed by atoms with van der Waals surface area (Å²) in [5.74, 6) is -0.149. The van der Waals surface area contributed by atoms with E-state index in [0.717, 1.165) is 10.0 Å². The second-order valence-corrected chi connectivity index (χ2v) is 4.84. The fourth-order valence-corrected chi connectivity index (χ4v) is 1.74. The highest BCUT2D eigenvalue weighted by atomic mass is 79.9. The van der Waals surface area contributed by atoms with Crippen LogP contribution in [0, 0.1) is 5.92 Å². The van der Waals surface area contributed by atoms with E-state index >= 15 is 0 Å². The quantitative estimate of drug-likeness (QED) is 0.891. The van der Waals surface area contributed by atoms with Gasteiger partial charge in [0, 0.05) is 16.9 Å². The molecule has 1 unspecified atom stereocenters. The molecule has 1 amide bonds. The molecule has 0 spiro atoms. The van der Waals surface area contributed by atoms with Gasteiger partial charge in [-0.05, 0) is 24.6 Å². The van der Waals surface area contributed by atoms with E-state index in [1.165, 1.54) is 0 Å². The van der Waals surface area contributed by atoms with Gasteiger partial charge < -0.3 is 11.1 Å². The number of rotatable bonds is 4. The third-order valence-electron chi connectivity index (χ3n) is 2.51. The molecule has 88 valence electrons. The zero-order chi connectivity index (χ0) is 12.1. The number of nitrogens with two attached hydrogens (primary N) is 1. The van der Waals surface area contributed by atoms with Crippen LogP contribution >= 0.6 is 15.9 Å². The summed E-state index contributed by atoms with van der Waals surface area (Å²) in [6.45, 7) is 4.16. The highest BCUT2D eigenvalue weighted by molar-refractivity contribution is 9.10. The van der Waals surface area contributed by atoms with Gasteiger partial charge in [0.25, 0.3) is 0 Å². The molecule has 0 radical (unpaired) electrons. The highest BCUT2D eigenvalue weighted by Crippen LogP contribution is 2.18. The van der Waals surface area contributed by atoms with Crippen molar-refractivity contribution >= 4 is 21.8 Å². The fraction of sp³-hybridized carbons (Fsp3) is 0.417. The van der Waals surface area contributed by atoms with Gasteiger partial charge in [0.15, 0.2) is 0 Å². The summed E-state index contributed by atoms with van der Waals surface area (Å²) >= 11 is 3.41. The van der Waals surface area contributed by atoms with Gasteiger partial charge in [0.2, 0.25) is 5.91 Å². The van der Waals surface area contributed by atoms with Crippen molar-refractivity contribution in [2.45, 2.75) is 19.9 Å². The minimum atomic E-state index is -0.144. The predicted molar refractivity (Wildman–Crippen MR) is 68.9 cm³/mol. The average Bonchev–Trinajstić information content (AvgIpc) is 2.27. The molecule has 0 saturated carbocycles. The third kappa shape index (κ3) is 3.61. The summed E-state index contributed by atoms with van der Waals surface area (Å²) in [7, 11) is 0. The maximum atomic E-state index is 11.6. The van der Waals surface area contributed by atoms with Gasteiger partial charge >= 0.3 is 0 Å². The molecule has 0 aliphatic heterocycles. The number of hydrogen-bond acceptors (Lipinski definition) is 2. The lowest BCUT2D eigenvalue weighted by Gasteiger charge is -2.17. The van der Waals surface area contributed by atoms with Crippen molar-refractivity contribution in [2.24, 2.45) is 11.7 Å². The van der Waals surface area contributed by atoms with E-state index in [4.69, 9.17) is 5.73 Å². The van der Waals surface area contributed by atoms with Gasteiger partial charge in [-0.25, -0.2) is 0 Å². The molecule has 0 aliphatic carbocycles. The van der Waals surface area contributed by atoms with Gasteiger partial charge in [-0.3, -0.25) is 4.79 Å². The Bertz CT molecular complexity index is 368. The molecule has 3 N–H and O–H groups in total. The molecule has 1 rings (SSSR count). The number of hydrogen-bond donors (Lipinski definition) is 2. The Kier molecular flexibility index (Phi) is 4.96. The molecule has 0 fully saturated rings. The number of nitrogens with one attached hydrogen (secondary N) is 1. The third-order valence-corrected chi connectivity index (χ3v) is 3.00. The van der Waals surface area contributed by atoms with Crippen LogP contribution in [0.3, 0.4) is 0 Å². The van der Waals surface area contributed by atoms with Crippen LogP contribution < -0.4 is 11.1 Å². The van der Waals surface area contributed by atoms with Crippen LogP contribution in [-0.2, 0) is 4.79 Å². The SMILES string of the molecule is CC(CN)C(=O)N[C@H](C)c1cccc(Br)c1. The largest absolute Gasteiger partial charge is 0.349 e. The van der Waals surface area contributed by atoms with E-state index in [9.17, 15) is 4.79 Å². The van der Waals surface area contributed by atoms with Crippen LogP contribution in [0.25, 0.3) is 0 Å². The zero-order valence-corrected chi connectivity index (χ0v) is 11.1. The summed E-state index contributed by atoms with van der Waals surface area (Å²) in [5.41, 5.74) is 6.52.